The normalized spacial score (nSPS) is 27.0. The molecule has 3 aromatic rings. The summed E-state index contributed by atoms with van der Waals surface area (Å²) in [4.78, 5) is 26.0. The molecule has 1 fully saturated rings. The van der Waals surface area contributed by atoms with Crippen LogP contribution in [0.2, 0.25) is 0 Å². The molecule has 0 bridgehead atoms. The number of aliphatic hydroxyl groups is 2. The Morgan fingerprint density at radius 2 is 2.08 bits per heavy atom. The zero-order chi connectivity index (χ0) is 18.6. The van der Waals surface area contributed by atoms with Crippen LogP contribution in [0.4, 0.5) is 0 Å². The third-order valence-electron chi connectivity index (χ3n) is 4.37. The maximum Gasteiger partial charge on any atom is 0.469 e. The molecule has 140 valence electrons. The highest BCUT2D eigenvalue weighted by atomic mass is 31.2. The fraction of sp³-hybridized carbons (Fsp3) is 0.429. The Labute approximate surface area is 146 Å². The van der Waals surface area contributed by atoms with E-state index in [-0.39, 0.29) is 0 Å². The van der Waals surface area contributed by atoms with Crippen LogP contribution in [0.1, 0.15) is 11.9 Å². The van der Waals surface area contributed by atoms with Gasteiger partial charge < -0.3 is 29.2 Å². The van der Waals surface area contributed by atoms with Crippen molar-refractivity contribution in [2.75, 3.05) is 6.61 Å². The average Bonchev–Trinajstić information content (AvgIpc) is 3.21. The van der Waals surface area contributed by atoms with Gasteiger partial charge in [0.1, 0.15) is 30.3 Å². The first-order valence-electron chi connectivity index (χ1n) is 7.68. The van der Waals surface area contributed by atoms with E-state index in [0.29, 0.717) is 27.8 Å². The Hall–Kier alpha value is -1.85. The molecule has 1 aliphatic heterocycles. The zero-order valence-electron chi connectivity index (χ0n) is 13.5. The van der Waals surface area contributed by atoms with Gasteiger partial charge in [0, 0.05) is 6.07 Å². The average molecular weight is 385 g/mol. The van der Waals surface area contributed by atoms with Gasteiger partial charge in [-0.25, -0.2) is 14.5 Å². The Kier molecular flexibility index (Phi) is 4.12. The minimum atomic E-state index is -4.73. The van der Waals surface area contributed by atoms with Crippen LogP contribution in [0.3, 0.4) is 0 Å². The summed E-state index contributed by atoms with van der Waals surface area (Å²) in [6.07, 6.45) is -2.14. The van der Waals surface area contributed by atoms with Crippen LogP contribution in [0.15, 0.2) is 23.1 Å². The van der Waals surface area contributed by atoms with Crippen LogP contribution >= 0.6 is 7.82 Å². The van der Waals surface area contributed by atoms with E-state index in [9.17, 15) is 14.8 Å². The second-order valence-corrected chi connectivity index (χ2v) is 7.23. The molecule has 1 saturated heterocycles. The standard InChI is InChI=1S/C14H16N3O8P/c1-6-9-12-7(2-3-23-12)17(13(9)16-5-15-6)14-11(19)10(18)8(25-14)4-24-26(20,21)22/h2-3,5,8,10-11,14,18-19H,4H2,1H3,(H2,20,21,22)/t8-,10-,11-,14-/m1/s1. The van der Waals surface area contributed by atoms with Gasteiger partial charge in [-0.05, 0) is 6.92 Å². The second kappa shape index (κ2) is 6.10. The number of phosphoric ester groups is 1. The first kappa shape index (κ1) is 17.6. The fourth-order valence-corrected chi connectivity index (χ4v) is 3.55. The summed E-state index contributed by atoms with van der Waals surface area (Å²) in [5.41, 5.74) is 2.21. The largest absolute Gasteiger partial charge is 0.469 e. The monoisotopic (exact) mass is 385 g/mol. The highest BCUT2D eigenvalue weighted by Crippen LogP contribution is 2.41. The minimum Gasteiger partial charge on any atom is -0.462 e. The van der Waals surface area contributed by atoms with Crippen molar-refractivity contribution in [3.05, 3.63) is 24.4 Å². The van der Waals surface area contributed by atoms with Gasteiger partial charge in [0.25, 0.3) is 0 Å². The number of fused-ring (bicyclic) bond motifs is 3. The van der Waals surface area contributed by atoms with Gasteiger partial charge in [-0.15, -0.1) is 0 Å². The van der Waals surface area contributed by atoms with Gasteiger partial charge in [-0.1, -0.05) is 0 Å². The Morgan fingerprint density at radius 1 is 1.31 bits per heavy atom. The zero-order valence-corrected chi connectivity index (χ0v) is 14.4. The number of ether oxygens (including phenoxy) is 1. The third-order valence-corrected chi connectivity index (χ3v) is 4.86. The quantitative estimate of drug-likeness (QED) is 0.457. The molecule has 0 saturated carbocycles. The maximum atomic E-state index is 10.9. The highest BCUT2D eigenvalue weighted by Gasteiger charge is 2.45. The molecule has 0 radical (unpaired) electrons. The second-order valence-electron chi connectivity index (χ2n) is 6.00. The molecule has 3 aromatic heterocycles. The van der Waals surface area contributed by atoms with Gasteiger partial charge >= 0.3 is 7.82 Å². The van der Waals surface area contributed by atoms with Crippen molar-refractivity contribution in [2.24, 2.45) is 0 Å². The Balaban J connectivity index is 1.76. The fourth-order valence-electron chi connectivity index (χ4n) is 3.21. The third kappa shape index (κ3) is 2.74. The van der Waals surface area contributed by atoms with Gasteiger partial charge in [-0.3, -0.25) is 9.09 Å². The first-order valence-corrected chi connectivity index (χ1v) is 9.21. The molecule has 4 N–H and O–H groups in total. The SMILES string of the molecule is Cc1ncnc2c1c1occc1n2[C@@H]1O[C@H](COP(=O)(O)O)[C@@H](O)[C@H]1O. The molecule has 11 nitrogen and oxygen atoms in total. The molecule has 0 unspecified atom stereocenters. The van der Waals surface area contributed by atoms with E-state index in [2.05, 4.69) is 14.5 Å². The van der Waals surface area contributed by atoms with Crippen molar-refractivity contribution in [2.45, 2.75) is 31.5 Å². The van der Waals surface area contributed by atoms with Crippen LogP contribution in [0.25, 0.3) is 22.1 Å². The lowest BCUT2D eigenvalue weighted by atomic mass is 10.1. The van der Waals surface area contributed by atoms with E-state index in [0.717, 1.165) is 0 Å². The molecule has 0 aliphatic carbocycles. The van der Waals surface area contributed by atoms with E-state index in [1.807, 2.05) is 0 Å². The van der Waals surface area contributed by atoms with Crippen LogP contribution < -0.4 is 0 Å². The summed E-state index contributed by atoms with van der Waals surface area (Å²) in [5, 5.41) is 21.3. The van der Waals surface area contributed by atoms with E-state index < -0.39 is 39.0 Å². The lowest BCUT2D eigenvalue weighted by molar-refractivity contribution is -0.0482. The maximum absolute atomic E-state index is 10.9. The Bertz CT molecular complexity index is 1010. The molecule has 0 aromatic carbocycles. The summed E-state index contributed by atoms with van der Waals surface area (Å²) in [5.74, 6) is 0. The summed E-state index contributed by atoms with van der Waals surface area (Å²) in [6.45, 7) is 1.20. The van der Waals surface area contributed by atoms with Gasteiger partial charge in [0.2, 0.25) is 0 Å². The van der Waals surface area contributed by atoms with E-state index in [1.54, 1.807) is 17.6 Å². The van der Waals surface area contributed by atoms with Crippen molar-refractivity contribution >= 4 is 30.0 Å². The molecule has 4 atom stereocenters. The number of rotatable bonds is 4. The lowest BCUT2D eigenvalue weighted by Gasteiger charge is -2.18. The van der Waals surface area contributed by atoms with Crippen molar-refractivity contribution in [1.82, 2.24) is 14.5 Å². The predicted octanol–water partition coefficient (Wildman–Crippen LogP) is 0.214. The summed E-state index contributed by atoms with van der Waals surface area (Å²) < 4.78 is 28.0. The van der Waals surface area contributed by atoms with Gasteiger partial charge in [0.05, 0.1) is 29.5 Å². The van der Waals surface area contributed by atoms with Crippen molar-refractivity contribution in [1.29, 1.82) is 0 Å². The summed E-state index contributed by atoms with van der Waals surface area (Å²) >= 11 is 0. The smallest absolute Gasteiger partial charge is 0.462 e. The predicted molar refractivity (Wildman–Crippen MR) is 86.0 cm³/mol. The van der Waals surface area contributed by atoms with Crippen LogP contribution in [-0.2, 0) is 13.8 Å². The molecule has 4 heterocycles. The van der Waals surface area contributed by atoms with E-state index in [4.69, 9.17) is 18.9 Å². The van der Waals surface area contributed by atoms with Crippen molar-refractivity contribution in [3.63, 3.8) is 0 Å². The number of phosphoric acid groups is 1. The summed E-state index contributed by atoms with van der Waals surface area (Å²) in [6, 6.07) is 1.67. The number of hydrogen-bond acceptors (Lipinski definition) is 8. The van der Waals surface area contributed by atoms with Crippen molar-refractivity contribution < 1.29 is 38.2 Å². The topological polar surface area (TPSA) is 160 Å². The molecule has 12 heteroatoms. The molecular formula is C14H16N3O8P. The van der Waals surface area contributed by atoms with E-state index in [1.165, 1.54) is 12.6 Å². The highest BCUT2D eigenvalue weighted by molar-refractivity contribution is 7.46. The summed E-state index contributed by atoms with van der Waals surface area (Å²) in [7, 11) is -4.73. The van der Waals surface area contributed by atoms with E-state index >= 15 is 0 Å². The first-order chi connectivity index (χ1) is 12.3. The van der Waals surface area contributed by atoms with Crippen LogP contribution in [0.5, 0.6) is 0 Å². The lowest BCUT2D eigenvalue weighted by Crippen LogP contribution is -2.33. The van der Waals surface area contributed by atoms with Crippen LogP contribution in [-0.4, -0.2) is 59.5 Å². The molecular weight excluding hydrogens is 369 g/mol. The number of hydrogen-bond donors (Lipinski definition) is 4. The van der Waals surface area contributed by atoms with Gasteiger partial charge in [-0.2, -0.15) is 0 Å². The van der Waals surface area contributed by atoms with Crippen LogP contribution in [0, 0.1) is 6.92 Å². The minimum absolute atomic E-state index is 0.444. The number of nitrogens with zero attached hydrogens (tertiary/aromatic N) is 3. The van der Waals surface area contributed by atoms with Crippen molar-refractivity contribution in [3.8, 4) is 0 Å². The number of aromatic nitrogens is 3. The molecule has 0 spiro atoms. The Morgan fingerprint density at radius 3 is 2.81 bits per heavy atom. The molecule has 26 heavy (non-hydrogen) atoms. The number of furan rings is 1. The number of aryl methyl sites for hydroxylation is 1. The van der Waals surface area contributed by atoms with Gasteiger partial charge in [0.15, 0.2) is 11.8 Å². The molecule has 0 amide bonds. The molecule has 1 aliphatic rings. The number of aliphatic hydroxyl groups excluding tert-OH is 2. The molecule has 4 rings (SSSR count).